The van der Waals surface area contributed by atoms with Crippen LogP contribution in [0.4, 0.5) is 5.82 Å². The van der Waals surface area contributed by atoms with Gasteiger partial charge in [0.1, 0.15) is 11.6 Å². The number of nitrogens with one attached hydrogen (secondary N) is 1. The molecule has 1 aromatic carbocycles. The van der Waals surface area contributed by atoms with Crippen molar-refractivity contribution in [3.05, 3.63) is 34.6 Å². The molecule has 1 aliphatic rings. The number of phenolic OH excluding ortho intramolecular Hbond substituents is 1. The fraction of sp³-hybridized carbons (Fsp3) is 0.565. The molecule has 2 N–H and O–H groups in total. The molecule has 146 valence electrons. The summed E-state index contributed by atoms with van der Waals surface area (Å²) in [6.07, 6.45) is 8.26. The van der Waals surface area contributed by atoms with E-state index in [0.717, 1.165) is 67.0 Å². The maximum absolute atomic E-state index is 10.7. The number of hydrogen-bond acceptors (Lipinski definition) is 4. The van der Waals surface area contributed by atoms with Gasteiger partial charge in [0, 0.05) is 11.6 Å². The molecule has 0 saturated carbocycles. The zero-order valence-corrected chi connectivity index (χ0v) is 17.2. The minimum Gasteiger partial charge on any atom is -0.507 e. The lowest BCUT2D eigenvalue weighted by atomic mass is 9.86. The fourth-order valence-corrected chi connectivity index (χ4v) is 4.08. The molecule has 1 aromatic heterocycles. The minimum atomic E-state index is 0.336. The lowest BCUT2D eigenvalue weighted by molar-refractivity contribution is 0.475. The molecular formula is C23H33N3O. The Kier molecular flexibility index (Phi) is 6.35. The van der Waals surface area contributed by atoms with Crippen LogP contribution >= 0.6 is 0 Å². The Bertz CT molecular complexity index is 797. The molecule has 0 aliphatic heterocycles. The van der Waals surface area contributed by atoms with Crippen molar-refractivity contribution in [3.8, 4) is 17.0 Å². The molecule has 0 atom stereocenters. The van der Waals surface area contributed by atoms with E-state index in [1.165, 1.54) is 24.0 Å². The van der Waals surface area contributed by atoms with Crippen LogP contribution in [0.5, 0.6) is 5.75 Å². The lowest BCUT2D eigenvalue weighted by Gasteiger charge is -2.23. The summed E-state index contributed by atoms with van der Waals surface area (Å²) in [5, 5.41) is 14.3. The molecule has 0 saturated heterocycles. The van der Waals surface area contributed by atoms with E-state index >= 15 is 0 Å². The van der Waals surface area contributed by atoms with Gasteiger partial charge in [-0.1, -0.05) is 33.8 Å². The molecule has 4 heteroatoms. The Balaban J connectivity index is 2.14. The van der Waals surface area contributed by atoms with Gasteiger partial charge in [-0.25, -0.2) is 9.97 Å². The highest BCUT2D eigenvalue weighted by Gasteiger charge is 2.23. The van der Waals surface area contributed by atoms with Crippen molar-refractivity contribution in [1.29, 1.82) is 0 Å². The number of nitrogens with zero attached hydrogens (tertiary/aromatic N) is 2. The van der Waals surface area contributed by atoms with E-state index in [9.17, 15) is 5.11 Å². The third kappa shape index (κ3) is 3.95. The molecule has 0 radical (unpaired) electrons. The van der Waals surface area contributed by atoms with Crippen molar-refractivity contribution in [2.75, 3.05) is 5.32 Å². The Morgan fingerprint density at radius 2 is 1.67 bits per heavy atom. The first-order valence-electron chi connectivity index (χ1n) is 10.6. The zero-order chi connectivity index (χ0) is 19.4. The van der Waals surface area contributed by atoms with Crippen molar-refractivity contribution in [2.24, 2.45) is 0 Å². The summed E-state index contributed by atoms with van der Waals surface area (Å²) in [6.45, 7) is 8.64. The molecule has 1 aliphatic carbocycles. The second kappa shape index (κ2) is 8.73. The predicted molar refractivity (Wildman–Crippen MR) is 113 cm³/mol. The first-order valence-corrected chi connectivity index (χ1v) is 10.6. The molecule has 3 rings (SSSR count). The quantitative estimate of drug-likeness (QED) is 0.683. The minimum absolute atomic E-state index is 0.336. The van der Waals surface area contributed by atoms with Gasteiger partial charge >= 0.3 is 0 Å². The smallest absolute Gasteiger partial charge is 0.148 e. The van der Waals surface area contributed by atoms with Gasteiger partial charge in [0.05, 0.1) is 17.1 Å². The molecule has 4 nitrogen and oxygen atoms in total. The molecule has 0 bridgehead atoms. The number of rotatable bonds is 7. The fourth-order valence-electron chi connectivity index (χ4n) is 4.08. The third-order valence-corrected chi connectivity index (χ3v) is 5.78. The summed E-state index contributed by atoms with van der Waals surface area (Å²) in [4.78, 5) is 10.0. The van der Waals surface area contributed by atoms with Crippen molar-refractivity contribution in [2.45, 2.75) is 85.1 Å². The van der Waals surface area contributed by atoms with Gasteiger partial charge in [0.25, 0.3) is 0 Å². The van der Waals surface area contributed by atoms with Crippen molar-refractivity contribution in [3.63, 3.8) is 0 Å². The molecular weight excluding hydrogens is 334 g/mol. The number of aromatic hydroxyl groups is 1. The highest BCUT2D eigenvalue weighted by molar-refractivity contribution is 5.75. The standard InChI is InChI=1S/C23H33N3O/c1-5-16(6-2)24-23-19(8-4)25-22(18(7-3)26-23)21-17-12-10-9-11-15(17)13-14-20(21)27/h13-14,16,27H,5-12H2,1-4H3,(H,24,26). The first-order chi connectivity index (χ1) is 13.1. The lowest BCUT2D eigenvalue weighted by Crippen LogP contribution is -2.20. The largest absolute Gasteiger partial charge is 0.507 e. The van der Waals surface area contributed by atoms with Crippen LogP contribution in [0, 0.1) is 0 Å². The number of aryl methyl sites for hydroxylation is 3. The SMILES string of the molecule is CCc1nc(-c2c(O)ccc3c2CCCC3)c(CC)nc1NC(CC)CC. The summed E-state index contributed by atoms with van der Waals surface area (Å²) < 4.78 is 0. The summed E-state index contributed by atoms with van der Waals surface area (Å²) in [5.74, 6) is 1.25. The summed E-state index contributed by atoms with van der Waals surface area (Å²) >= 11 is 0. The number of benzene rings is 1. The number of anilines is 1. The van der Waals surface area contributed by atoms with Gasteiger partial charge < -0.3 is 10.4 Å². The number of fused-ring (bicyclic) bond motifs is 1. The number of aromatic nitrogens is 2. The first kappa shape index (κ1) is 19.7. The van der Waals surface area contributed by atoms with Crippen LogP contribution in [0.25, 0.3) is 11.3 Å². The Morgan fingerprint density at radius 1 is 0.963 bits per heavy atom. The van der Waals surface area contributed by atoms with Gasteiger partial charge in [-0.2, -0.15) is 0 Å². The van der Waals surface area contributed by atoms with E-state index in [2.05, 4.69) is 39.1 Å². The summed E-state index contributed by atoms with van der Waals surface area (Å²) in [5.41, 5.74) is 6.38. The van der Waals surface area contributed by atoms with E-state index in [4.69, 9.17) is 9.97 Å². The van der Waals surface area contributed by atoms with Crippen LogP contribution in [-0.2, 0) is 25.7 Å². The molecule has 0 amide bonds. The van der Waals surface area contributed by atoms with Gasteiger partial charge in [0.2, 0.25) is 0 Å². The average molecular weight is 368 g/mol. The number of hydrogen-bond donors (Lipinski definition) is 2. The zero-order valence-electron chi connectivity index (χ0n) is 17.2. The van der Waals surface area contributed by atoms with E-state index in [1.54, 1.807) is 0 Å². The third-order valence-electron chi connectivity index (χ3n) is 5.78. The van der Waals surface area contributed by atoms with Gasteiger partial charge in [-0.05, 0) is 68.6 Å². The van der Waals surface area contributed by atoms with Gasteiger partial charge in [-0.3, -0.25) is 0 Å². The van der Waals surface area contributed by atoms with Crippen molar-refractivity contribution >= 4 is 5.82 Å². The normalized spacial score (nSPS) is 13.7. The van der Waals surface area contributed by atoms with Crippen LogP contribution < -0.4 is 5.32 Å². The summed E-state index contributed by atoms with van der Waals surface area (Å²) in [7, 11) is 0. The monoisotopic (exact) mass is 367 g/mol. The van der Waals surface area contributed by atoms with Crippen LogP contribution in [0.15, 0.2) is 12.1 Å². The Morgan fingerprint density at radius 3 is 2.33 bits per heavy atom. The van der Waals surface area contributed by atoms with E-state index < -0.39 is 0 Å². The average Bonchev–Trinajstić information content (AvgIpc) is 2.71. The van der Waals surface area contributed by atoms with Crippen molar-refractivity contribution in [1.82, 2.24) is 9.97 Å². The highest BCUT2D eigenvalue weighted by atomic mass is 16.3. The van der Waals surface area contributed by atoms with E-state index in [-0.39, 0.29) is 0 Å². The molecule has 2 aromatic rings. The van der Waals surface area contributed by atoms with Crippen LogP contribution in [0.3, 0.4) is 0 Å². The van der Waals surface area contributed by atoms with Gasteiger partial charge in [-0.15, -0.1) is 0 Å². The van der Waals surface area contributed by atoms with E-state index in [0.29, 0.717) is 11.8 Å². The van der Waals surface area contributed by atoms with E-state index in [1.807, 2.05) is 6.07 Å². The van der Waals surface area contributed by atoms with Gasteiger partial charge in [0.15, 0.2) is 0 Å². The molecule has 0 fully saturated rings. The number of phenols is 1. The van der Waals surface area contributed by atoms with Crippen molar-refractivity contribution < 1.29 is 5.11 Å². The van der Waals surface area contributed by atoms with Crippen LogP contribution in [0.1, 0.15) is 75.9 Å². The van der Waals surface area contributed by atoms with Crippen LogP contribution in [0.2, 0.25) is 0 Å². The second-order valence-electron chi connectivity index (χ2n) is 7.48. The maximum atomic E-state index is 10.7. The Labute approximate surface area is 163 Å². The summed E-state index contributed by atoms with van der Waals surface area (Å²) in [6, 6.07) is 4.33. The molecule has 0 spiro atoms. The predicted octanol–water partition coefficient (Wildman–Crippen LogP) is 5.45. The Hall–Kier alpha value is -2.10. The molecule has 27 heavy (non-hydrogen) atoms. The van der Waals surface area contributed by atoms with Crippen LogP contribution in [-0.4, -0.2) is 21.1 Å². The maximum Gasteiger partial charge on any atom is 0.148 e. The highest BCUT2D eigenvalue weighted by Crippen LogP contribution is 2.39. The second-order valence-corrected chi connectivity index (χ2v) is 7.48. The molecule has 1 heterocycles. The molecule has 0 unspecified atom stereocenters. The topological polar surface area (TPSA) is 58.0 Å².